The number of benzene rings is 3. The Morgan fingerprint density at radius 2 is 1.36 bits per heavy atom. The summed E-state index contributed by atoms with van der Waals surface area (Å²) in [5.74, 6) is 0.768. The fourth-order valence-electron chi connectivity index (χ4n) is 5.85. The Kier molecular flexibility index (Phi) is 9.67. The van der Waals surface area contributed by atoms with Gasteiger partial charge in [-0.25, -0.2) is 9.48 Å². The number of nitrogens with zero attached hydrogens (tertiary/aromatic N) is 4. The standard InChI is InChI=1S/C34H34F6N4O/c1-24(21-42-16-14-28(15-17-42)27-10-6-3-7-11-27)22-44-32(45)43(23-25-8-4-2-5-9-25)31(41-44)13-12-26-18-29(33(35,36)37)20-30(19-26)34(38,39)40/h2-11,18-20,28H,1,12-17,21-23H2. The van der Waals surface area contributed by atoms with Gasteiger partial charge < -0.3 is 0 Å². The van der Waals surface area contributed by atoms with E-state index in [1.807, 2.05) is 48.5 Å². The summed E-state index contributed by atoms with van der Waals surface area (Å²) in [6, 6.07) is 21.1. The fourth-order valence-corrected chi connectivity index (χ4v) is 5.85. The molecule has 0 saturated carbocycles. The second kappa shape index (κ2) is 13.5. The molecule has 3 aromatic carbocycles. The lowest BCUT2D eigenvalue weighted by Gasteiger charge is -2.32. The largest absolute Gasteiger partial charge is 0.416 e. The lowest BCUT2D eigenvalue weighted by atomic mass is 9.89. The topological polar surface area (TPSA) is 43.1 Å². The zero-order chi connectivity index (χ0) is 32.2. The monoisotopic (exact) mass is 628 g/mol. The van der Waals surface area contributed by atoms with Crippen molar-refractivity contribution in [3.8, 4) is 0 Å². The number of likely N-dealkylation sites (tertiary alicyclic amines) is 1. The Hall–Kier alpha value is -4.12. The van der Waals surface area contributed by atoms with Gasteiger partial charge in [0.1, 0.15) is 5.82 Å². The first-order valence-corrected chi connectivity index (χ1v) is 14.8. The zero-order valence-electron chi connectivity index (χ0n) is 24.6. The zero-order valence-corrected chi connectivity index (χ0v) is 24.6. The van der Waals surface area contributed by atoms with E-state index < -0.39 is 29.2 Å². The molecule has 0 aliphatic carbocycles. The van der Waals surface area contributed by atoms with Gasteiger partial charge in [0.05, 0.1) is 24.2 Å². The number of piperidine rings is 1. The number of alkyl halides is 6. The summed E-state index contributed by atoms with van der Waals surface area (Å²) >= 11 is 0. The van der Waals surface area contributed by atoms with Crippen LogP contribution in [-0.4, -0.2) is 38.9 Å². The SMILES string of the molecule is C=C(CN1CCC(c2ccccc2)CC1)Cn1nc(CCc2cc(C(F)(F)F)cc(C(F)(F)F)c2)n(Cc2ccccc2)c1=O. The number of hydrogen-bond donors (Lipinski definition) is 0. The highest BCUT2D eigenvalue weighted by molar-refractivity contribution is 5.34. The molecule has 2 heterocycles. The number of aromatic nitrogens is 3. The molecule has 45 heavy (non-hydrogen) atoms. The van der Waals surface area contributed by atoms with E-state index in [4.69, 9.17) is 0 Å². The minimum absolute atomic E-state index is 0.0346. The third kappa shape index (κ3) is 8.33. The molecular weight excluding hydrogens is 594 g/mol. The minimum atomic E-state index is -4.94. The van der Waals surface area contributed by atoms with Crippen LogP contribution < -0.4 is 5.69 Å². The number of halogens is 6. The Bertz CT molecular complexity index is 1620. The van der Waals surface area contributed by atoms with Gasteiger partial charge in [-0.05, 0) is 78.7 Å². The molecule has 1 fully saturated rings. The number of rotatable bonds is 10. The molecule has 0 N–H and O–H groups in total. The van der Waals surface area contributed by atoms with Crippen LogP contribution in [0.5, 0.6) is 0 Å². The van der Waals surface area contributed by atoms with Crippen LogP contribution in [0.3, 0.4) is 0 Å². The van der Waals surface area contributed by atoms with Crippen molar-refractivity contribution in [1.82, 2.24) is 19.2 Å². The maximum absolute atomic E-state index is 13.5. The average molecular weight is 629 g/mol. The van der Waals surface area contributed by atoms with Crippen molar-refractivity contribution in [1.29, 1.82) is 0 Å². The van der Waals surface area contributed by atoms with Crippen molar-refractivity contribution in [2.24, 2.45) is 0 Å². The van der Waals surface area contributed by atoms with Gasteiger partial charge >= 0.3 is 18.0 Å². The van der Waals surface area contributed by atoms with E-state index in [1.165, 1.54) is 14.8 Å². The van der Waals surface area contributed by atoms with Gasteiger partial charge in [-0.15, -0.1) is 0 Å². The first-order valence-electron chi connectivity index (χ1n) is 14.8. The average Bonchev–Trinajstić information content (AvgIpc) is 3.29. The Morgan fingerprint density at radius 1 is 0.778 bits per heavy atom. The molecular formula is C34H34F6N4O. The van der Waals surface area contributed by atoms with Gasteiger partial charge in [0.2, 0.25) is 0 Å². The molecule has 0 atom stereocenters. The number of hydrogen-bond acceptors (Lipinski definition) is 3. The van der Waals surface area contributed by atoms with E-state index in [0.717, 1.165) is 37.1 Å². The smallest absolute Gasteiger partial charge is 0.299 e. The molecule has 0 amide bonds. The van der Waals surface area contributed by atoms with Crippen LogP contribution in [0.4, 0.5) is 26.3 Å². The predicted molar refractivity (Wildman–Crippen MR) is 160 cm³/mol. The van der Waals surface area contributed by atoms with Crippen LogP contribution in [0.1, 0.15) is 52.4 Å². The van der Waals surface area contributed by atoms with Gasteiger partial charge in [-0.2, -0.15) is 31.4 Å². The Labute approximate surface area is 257 Å². The molecule has 0 radical (unpaired) electrons. The molecule has 0 unspecified atom stereocenters. The van der Waals surface area contributed by atoms with Crippen LogP contribution in [0.2, 0.25) is 0 Å². The molecule has 238 valence electrons. The Morgan fingerprint density at radius 3 is 1.93 bits per heavy atom. The first kappa shape index (κ1) is 32.3. The molecule has 1 saturated heterocycles. The van der Waals surface area contributed by atoms with Crippen LogP contribution in [0.25, 0.3) is 0 Å². The second-order valence-electron chi connectivity index (χ2n) is 11.6. The van der Waals surface area contributed by atoms with E-state index >= 15 is 0 Å². The van der Waals surface area contributed by atoms with Crippen LogP contribution >= 0.6 is 0 Å². The summed E-state index contributed by atoms with van der Waals surface area (Å²) in [6.07, 6.45) is -8.06. The molecule has 1 aliphatic rings. The molecule has 5 rings (SSSR count). The molecule has 5 nitrogen and oxygen atoms in total. The van der Waals surface area contributed by atoms with E-state index in [1.54, 1.807) is 0 Å². The molecule has 1 aromatic heterocycles. The lowest BCUT2D eigenvalue weighted by Crippen LogP contribution is -2.35. The molecule has 4 aromatic rings. The van der Waals surface area contributed by atoms with Crippen molar-refractivity contribution in [2.75, 3.05) is 19.6 Å². The van der Waals surface area contributed by atoms with Gasteiger partial charge in [-0.1, -0.05) is 67.2 Å². The third-order valence-electron chi connectivity index (χ3n) is 8.15. The van der Waals surface area contributed by atoms with Crippen molar-refractivity contribution < 1.29 is 26.3 Å². The maximum Gasteiger partial charge on any atom is 0.416 e. The third-order valence-corrected chi connectivity index (χ3v) is 8.15. The summed E-state index contributed by atoms with van der Waals surface area (Å²) in [5.41, 5.74) is -0.393. The summed E-state index contributed by atoms with van der Waals surface area (Å²) in [4.78, 5) is 15.8. The highest BCUT2D eigenvalue weighted by atomic mass is 19.4. The van der Waals surface area contributed by atoms with Gasteiger partial charge in [0, 0.05) is 13.0 Å². The van der Waals surface area contributed by atoms with E-state index in [2.05, 4.69) is 28.7 Å². The van der Waals surface area contributed by atoms with Crippen LogP contribution in [-0.2, 0) is 38.3 Å². The highest BCUT2D eigenvalue weighted by Crippen LogP contribution is 2.36. The van der Waals surface area contributed by atoms with Crippen molar-refractivity contribution >= 4 is 0 Å². The van der Waals surface area contributed by atoms with Gasteiger partial charge in [0.25, 0.3) is 0 Å². The molecule has 0 spiro atoms. The lowest BCUT2D eigenvalue weighted by molar-refractivity contribution is -0.143. The molecule has 11 heteroatoms. The van der Waals surface area contributed by atoms with E-state index in [0.29, 0.717) is 24.6 Å². The molecule has 1 aliphatic heterocycles. The first-order chi connectivity index (χ1) is 21.4. The van der Waals surface area contributed by atoms with Crippen molar-refractivity contribution in [3.63, 3.8) is 0 Å². The fraction of sp³-hybridized carbons (Fsp3) is 0.353. The summed E-state index contributed by atoms with van der Waals surface area (Å²) in [6.45, 7) is 6.84. The number of aryl methyl sites for hydroxylation is 2. The summed E-state index contributed by atoms with van der Waals surface area (Å²) in [5, 5.41) is 4.49. The van der Waals surface area contributed by atoms with Crippen molar-refractivity contribution in [3.05, 3.63) is 135 Å². The normalized spacial score (nSPS) is 15.0. The minimum Gasteiger partial charge on any atom is -0.299 e. The quantitative estimate of drug-likeness (QED) is 0.136. The van der Waals surface area contributed by atoms with E-state index in [-0.39, 0.29) is 43.4 Å². The summed E-state index contributed by atoms with van der Waals surface area (Å²) in [7, 11) is 0. The van der Waals surface area contributed by atoms with Gasteiger partial charge in [-0.3, -0.25) is 9.47 Å². The molecule has 0 bridgehead atoms. The van der Waals surface area contributed by atoms with Gasteiger partial charge in [0.15, 0.2) is 0 Å². The van der Waals surface area contributed by atoms with Crippen molar-refractivity contribution in [2.45, 2.75) is 57.0 Å². The second-order valence-corrected chi connectivity index (χ2v) is 11.6. The summed E-state index contributed by atoms with van der Waals surface area (Å²) < 4.78 is 83.2. The van der Waals surface area contributed by atoms with Crippen LogP contribution in [0.15, 0.2) is 95.8 Å². The van der Waals surface area contributed by atoms with E-state index in [9.17, 15) is 31.1 Å². The Balaban J connectivity index is 1.32. The maximum atomic E-state index is 13.5. The van der Waals surface area contributed by atoms with Crippen LogP contribution in [0, 0.1) is 0 Å². The highest BCUT2D eigenvalue weighted by Gasteiger charge is 2.37. The predicted octanol–water partition coefficient (Wildman–Crippen LogP) is 7.35.